The highest BCUT2D eigenvalue weighted by molar-refractivity contribution is 5.89. The third kappa shape index (κ3) is 1.95. The van der Waals surface area contributed by atoms with E-state index in [-0.39, 0.29) is 17.1 Å². The molecule has 0 unspecified atom stereocenters. The third-order valence-corrected chi connectivity index (χ3v) is 3.70. The van der Waals surface area contributed by atoms with E-state index < -0.39 is 12.0 Å². The summed E-state index contributed by atoms with van der Waals surface area (Å²) in [6, 6.07) is 1.70. The Morgan fingerprint density at radius 3 is 2.88 bits per heavy atom. The lowest BCUT2D eigenvalue weighted by Crippen LogP contribution is -2.27. The van der Waals surface area contributed by atoms with Gasteiger partial charge in [-0.25, -0.2) is 0 Å². The van der Waals surface area contributed by atoms with Crippen molar-refractivity contribution in [3.8, 4) is 0 Å². The van der Waals surface area contributed by atoms with Gasteiger partial charge in [0, 0.05) is 11.0 Å². The summed E-state index contributed by atoms with van der Waals surface area (Å²) >= 11 is 0. The second kappa shape index (κ2) is 4.15. The average Bonchev–Trinajstić information content (AvgIpc) is 2.86. The van der Waals surface area contributed by atoms with Gasteiger partial charge in [-0.05, 0) is 18.4 Å². The minimum Gasteiger partial charge on any atom is -0.472 e. The van der Waals surface area contributed by atoms with Gasteiger partial charge in [-0.1, -0.05) is 19.9 Å². The standard InChI is InChI=1S/C14H18O3/c1-4-9-7-14(2,3)13(16)11(9)12(15)10-5-6-17-8-10/h4-6,8-9,11-12,15H,1,7H2,2-3H3/t9-,11-,12+/m1/s1. The molecular formula is C14H18O3. The van der Waals surface area contributed by atoms with Gasteiger partial charge in [0.05, 0.1) is 24.5 Å². The summed E-state index contributed by atoms with van der Waals surface area (Å²) in [5.74, 6) is -0.265. The van der Waals surface area contributed by atoms with E-state index in [0.29, 0.717) is 5.56 Å². The van der Waals surface area contributed by atoms with Gasteiger partial charge in [0.1, 0.15) is 5.78 Å². The number of hydrogen-bond donors (Lipinski definition) is 1. The summed E-state index contributed by atoms with van der Waals surface area (Å²) in [5.41, 5.74) is 0.279. The second-order valence-electron chi connectivity index (χ2n) is 5.38. The normalized spacial score (nSPS) is 29.2. The fourth-order valence-corrected chi connectivity index (χ4v) is 2.72. The number of carbonyl (C=O) groups is 1. The molecule has 1 saturated carbocycles. The Bertz CT molecular complexity index is 417. The second-order valence-corrected chi connectivity index (χ2v) is 5.38. The molecule has 1 fully saturated rings. The quantitative estimate of drug-likeness (QED) is 0.818. The molecule has 1 aliphatic rings. The zero-order valence-electron chi connectivity index (χ0n) is 10.2. The summed E-state index contributed by atoms with van der Waals surface area (Å²) in [4.78, 5) is 12.3. The third-order valence-electron chi connectivity index (χ3n) is 3.70. The summed E-state index contributed by atoms with van der Waals surface area (Å²) < 4.78 is 4.95. The molecule has 3 atom stereocenters. The molecule has 92 valence electrons. The zero-order chi connectivity index (χ0) is 12.6. The first-order chi connectivity index (χ1) is 7.97. The van der Waals surface area contributed by atoms with E-state index in [2.05, 4.69) is 6.58 Å². The largest absolute Gasteiger partial charge is 0.472 e. The molecule has 3 heteroatoms. The number of aliphatic hydroxyl groups is 1. The van der Waals surface area contributed by atoms with E-state index in [4.69, 9.17) is 4.42 Å². The van der Waals surface area contributed by atoms with Crippen molar-refractivity contribution in [2.75, 3.05) is 0 Å². The van der Waals surface area contributed by atoms with E-state index in [1.165, 1.54) is 12.5 Å². The average molecular weight is 234 g/mol. The van der Waals surface area contributed by atoms with Crippen molar-refractivity contribution in [2.24, 2.45) is 17.3 Å². The van der Waals surface area contributed by atoms with Crippen LogP contribution in [0.25, 0.3) is 0 Å². The molecule has 17 heavy (non-hydrogen) atoms. The van der Waals surface area contributed by atoms with Crippen molar-refractivity contribution in [1.82, 2.24) is 0 Å². The van der Waals surface area contributed by atoms with Gasteiger partial charge in [-0.2, -0.15) is 0 Å². The van der Waals surface area contributed by atoms with Gasteiger partial charge >= 0.3 is 0 Å². The van der Waals surface area contributed by atoms with Gasteiger partial charge in [0.25, 0.3) is 0 Å². The van der Waals surface area contributed by atoms with Gasteiger partial charge < -0.3 is 9.52 Å². The summed E-state index contributed by atoms with van der Waals surface area (Å²) in [6.07, 6.45) is 4.72. The summed E-state index contributed by atoms with van der Waals surface area (Å²) in [7, 11) is 0. The van der Waals surface area contributed by atoms with E-state index in [1.807, 2.05) is 13.8 Å². The number of furan rings is 1. The maximum atomic E-state index is 12.3. The number of aliphatic hydroxyl groups excluding tert-OH is 1. The van der Waals surface area contributed by atoms with Crippen LogP contribution >= 0.6 is 0 Å². The first-order valence-corrected chi connectivity index (χ1v) is 5.84. The van der Waals surface area contributed by atoms with E-state index in [1.54, 1.807) is 12.1 Å². The Morgan fingerprint density at radius 2 is 2.35 bits per heavy atom. The lowest BCUT2D eigenvalue weighted by atomic mass is 9.85. The highest BCUT2D eigenvalue weighted by Gasteiger charge is 2.49. The van der Waals surface area contributed by atoms with Crippen molar-refractivity contribution < 1.29 is 14.3 Å². The van der Waals surface area contributed by atoms with Crippen LogP contribution in [-0.2, 0) is 4.79 Å². The number of Topliss-reactive ketones (excluding diaryl/α,β-unsaturated/α-hetero) is 1. The number of rotatable bonds is 3. The fraction of sp³-hybridized carbons (Fsp3) is 0.500. The van der Waals surface area contributed by atoms with E-state index in [9.17, 15) is 9.90 Å². The predicted molar refractivity (Wildman–Crippen MR) is 64.2 cm³/mol. The molecule has 0 aromatic carbocycles. The fourth-order valence-electron chi connectivity index (χ4n) is 2.72. The molecule has 0 spiro atoms. The highest BCUT2D eigenvalue weighted by atomic mass is 16.3. The van der Waals surface area contributed by atoms with Gasteiger partial charge in [0.15, 0.2) is 0 Å². The van der Waals surface area contributed by atoms with Crippen molar-refractivity contribution >= 4 is 5.78 Å². The molecule has 0 amide bonds. The van der Waals surface area contributed by atoms with Crippen LogP contribution in [0.1, 0.15) is 31.9 Å². The van der Waals surface area contributed by atoms with Crippen molar-refractivity contribution in [2.45, 2.75) is 26.4 Å². The van der Waals surface area contributed by atoms with E-state index >= 15 is 0 Å². The number of allylic oxidation sites excluding steroid dienone is 1. The Hall–Kier alpha value is -1.35. The van der Waals surface area contributed by atoms with Crippen LogP contribution in [0.15, 0.2) is 35.7 Å². The van der Waals surface area contributed by atoms with Crippen molar-refractivity contribution in [1.29, 1.82) is 0 Å². The van der Waals surface area contributed by atoms with Crippen molar-refractivity contribution in [3.05, 3.63) is 36.8 Å². The molecule has 3 nitrogen and oxygen atoms in total. The smallest absolute Gasteiger partial charge is 0.145 e. The van der Waals surface area contributed by atoms with Crippen LogP contribution in [0.5, 0.6) is 0 Å². The molecule has 1 aromatic rings. The molecule has 1 heterocycles. The summed E-state index contributed by atoms with van der Waals surface area (Å²) in [6.45, 7) is 7.62. The van der Waals surface area contributed by atoms with Gasteiger partial charge in [-0.3, -0.25) is 4.79 Å². The van der Waals surface area contributed by atoms with Crippen LogP contribution in [0.4, 0.5) is 0 Å². The Morgan fingerprint density at radius 1 is 1.65 bits per heavy atom. The Labute approximate surface area is 101 Å². The minimum atomic E-state index is -0.800. The minimum absolute atomic E-state index is 0.0300. The lowest BCUT2D eigenvalue weighted by Gasteiger charge is -2.21. The zero-order valence-corrected chi connectivity index (χ0v) is 10.2. The maximum Gasteiger partial charge on any atom is 0.145 e. The first-order valence-electron chi connectivity index (χ1n) is 5.84. The first kappa shape index (κ1) is 12.1. The topological polar surface area (TPSA) is 50.4 Å². The SMILES string of the molecule is C=C[C@@H]1CC(C)(C)C(=O)[C@H]1[C@@H](O)c1ccoc1. The maximum absolute atomic E-state index is 12.3. The molecule has 2 rings (SSSR count). The molecule has 0 aliphatic heterocycles. The number of hydrogen-bond acceptors (Lipinski definition) is 3. The number of ketones is 1. The molecule has 0 bridgehead atoms. The lowest BCUT2D eigenvalue weighted by molar-refractivity contribution is -0.130. The van der Waals surface area contributed by atoms with Crippen LogP contribution in [0.3, 0.4) is 0 Å². The van der Waals surface area contributed by atoms with Crippen LogP contribution in [0, 0.1) is 17.3 Å². The highest BCUT2D eigenvalue weighted by Crippen LogP contribution is 2.47. The van der Waals surface area contributed by atoms with Crippen LogP contribution < -0.4 is 0 Å². The molecule has 0 saturated heterocycles. The molecule has 1 aromatic heterocycles. The predicted octanol–water partition coefficient (Wildman–Crippen LogP) is 2.73. The van der Waals surface area contributed by atoms with Gasteiger partial charge in [0.2, 0.25) is 0 Å². The Balaban J connectivity index is 2.30. The van der Waals surface area contributed by atoms with Crippen LogP contribution in [-0.4, -0.2) is 10.9 Å². The molecule has 0 radical (unpaired) electrons. The molecule has 1 aliphatic carbocycles. The summed E-state index contributed by atoms with van der Waals surface area (Å²) in [5, 5.41) is 10.3. The Kier molecular flexibility index (Phi) is 2.96. The van der Waals surface area contributed by atoms with Crippen LogP contribution in [0.2, 0.25) is 0 Å². The molecule has 1 N–H and O–H groups in total. The van der Waals surface area contributed by atoms with E-state index in [0.717, 1.165) is 6.42 Å². The van der Waals surface area contributed by atoms with Gasteiger partial charge in [-0.15, -0.1) is 6.58 Å². The van der Waals surface area contributed by atoms with Crippen molar-refractivity contribution in [3.63, 3.8) is 0 Å². The number of carbonyl (C=O) groups excluding carboxylic acids is 1. The molecular weight excluding hydrogens is 216 g/mol. The monoisotopic (exact) mass is 234 g/mol.